The molecule has 2 aromatic heterocycles. The maximum absolute atomic E-state index is 5.51. The van der Waals surface area contributed by atoms with Gasteiger partial charge < -0.3 is 14.7 Å². The van der Waals surface area contributed by atoms with Crippen LogP contribution in [-0.2, 0) is 5.41 Å². The normalized spacial score (nSPS) is 17.0. The Bertz CT molecular complexity index is 1070. The number of aromatic nitrogens is 2. The first-order valence-corrected chi connectivity index (χ1v) is 9.54. The van der Waals surface area contributed by atoms with Gasteiger partial charge >= 0.3 is 0 Å². The molecule has 0 aliphatic heterocycles. The van der Waals surface area contributed by atoms with E-state index in [4.69, 9.17) is 4.74 Å². The SMILES string of the molecule is COc1ccc2[nH]cc(C3(c4c[nH]c5ccccc45)CCCCC3)c2c1. The summed E-state index contributed by atoms with van der Waals surface area (Å²) in [7, 11) is 1.74. The molecule has 1 aliphatic carbocycles. The van der Waals surface area contributed by atoms with E-state index in [1.54, 1.807) is 7.11 Å². The number of ether oxygens (including phenoxy) is 1. The summed E-state index contributed by atoms with van der Waals surface area (Å²) in [6.45, 7) is 0. The number of hydrogen-bond acceptors (Lipinski definition) is 1. The van der Waals surface area contributed by atoms with Crippen molar-refractivity contribution in [3.05, 3.63) is 66.0 Å². The molecule has 3 nitrogen and oxygen atoms in total. The fourth-order valence-electron chi connectivity index (χ4n) is 4.93. The van der Waals surface area contributed by atoms with Crippen LogP contribution in [0.5, 0.6) is 5.75 Å². The van der Waals surface area contributed by atoms with Crippen LogP contribution in [0.3, 0.4) is 0 Å². The maximum atomic E-state index is 5.51. The van der Waals surface area contributed by atoms with E-state index < -0.39 is 0 Å². The Kier molecular flexibility index (Phi) is 3.56. The van der Waals surface area contributed by atoms with E-state index in [0.717, 1.165) is 5.75 Å². The fraction of sp³-hybridized carbons (Fsp3) is 0.304. The van der Waals surface area contributed by atoms with E-state index in [1.165, 1.54) is 65.0 Å². The predicted molar refractivity (Wildman–Crippen MR) is 107 cm³/mol. The lowest BCUT2D eigenvalue weighted by Crippen LogP contribution is -2.30. The topological polar surface area (TPSA) is 40.8 Å². The molecule has 0 saturated heterocycles. The zero-order chi connectivity index (χ0) is 17.6. The largest absolute Gasteiger partial charge is 0.497 e. The van der Waals surface area contributed by atoms with E-state index in [2.05, 4.69) is 58.8 Å². The maximum Gasteiger partial charge on any atom is 0.119 e. The van der Waals surface area contributed by atoms with Gasteiger partial charge in [0.2, 0.25) is 0 Å². The van der Waals surface area contributed by atoms with Crippen molar-refractivity contribution in [3.8, 4) is 5.75 Å². The number of hydrogen-bond donors (Lipinski definition) is 2. The fourth-order valence-corrected chi connectivity index (χ4v) is 4.93. The summed E-state index contributed by atoms with van der Waals surface area (Å²) < 4.78 is 5.51. The Morgan fingerprint density at radius 2 is 1.50 bits per heavy atom. The molecule has 3 heteroatoms. The summed E-state index contributed by atoms with van der Waals surface area (Å²) in [5, 5.41) is 2.64. The van der Waals surface area contributed by atoms with Crippen LogP contribution >= 0.6 is 0 Å². The molecule has 0 atom stereocenters. The number of fused-ring (bicyclic) bond motifs is 2. The van der Waals surface area contributed by atoms with Gasteiger partial charge in [0.1, 0.15) is 5.75 Å². The average Bonchev–Trinajstić information content (AvgIpc) is 3.32. The van der Waals surface area contributed by atoms with Gasteiger partial charge in [0.05, 0.1) is 7.11 Å². The second kappa shape index (κ2) is 5.94. The minimum atomic E-state index is 0.0580. The van der Waals surface area contributed by atoms with Gasteiger partial charge in [-0.25, -0.2) is 0 Å². The van der Waals surface area contributed by atoms with Crippen LogP contribution < -0.4 is 4.74 Å². The zero-order valence-corrected chi connectivity index (χ0v) is 15.1. The minimum absolute atomic E-state index is 0.0580. The number of benzene rings is 2. The number of rotatable bonds is 3. The molecule has 0 unspecified atom stereocenters. The Labute approximate surface area is 153 Å². The summed E-state index contributed by atoms with van der Waals surface area (Å²) in [5.41, 5.74) is 5.32. The molecule has 0 bridgehead atoms. The molecule has 0 spiro atoms. The lowest BCUT2D eigenvalue weighted by atomic mass is 9.65. The molecule has 132 valence electrons. The number of aromatic amines is 2. The van der Waals surface area contributed by atoms with Crippen molar-refractivity contribution in [2.45, 2.75) is 37.5 Å². The molecular formula is C23H24N2O. The summed E-state index contributed by atoms with van der Waals surface area (Å²) in [4.78, 5) is 7.01. The molecule has 1 saturated carbocycles. The van der Waals surface area contributed by atoms with Crippen molar-refractivity contribution in [3.63, 3.8) is 0 Å². The number of nitrogens with one attached hydrogen (secondary N) is 2. The van der Waals surface area contributed by atoms with Gasteiger partial charge in [-0.05, 0) is 48.2 Å². The number of H-pyrrole nitrogens is 2. The molecular weight excluding hydrogens is 320 g/mol. The Hall–Kier alpha value is -2.68. The minimum Gasteiger partial charge on any atom is -0.497 e. The van der Waals surface area contributed by atoms with E-state index in [-0.39, 0.29) is 5.41 Å². The summed E-state index contributed by atoms with van der Waals surface area (Å²) >= 11 is 0. The van der Waals surface area contributed by atoms with Gasteiger partial charge in [0.15, 0.2) is 0 Å². The van der Waals surface area contributed by atoms with Gasteiger partial charge in [-0.1, -0.05) is 37.5 Å². The van der Waals surface area contributed by atoms with Crippen molar-refractivity contribution >= 4 is 21.8 Å². The molecule has 2 aromatic carbocycles. The second-order valence-electron chi connectivity index (χ2n) is 7.50. The van der Waals surface area contributed by atoms with E-state index in [9.17, 15) is 0 Å². The van der Waals surface area contributed by atoms with Crippen LogP contribution in [0.1, 0.15) is 43.2 Å². The van der Waals surface area contributed by atoms with Crippen molar-refractivity contribution in [1.29, 1.82) is 0 Å². The molecule has 1 fully saturated rings. The lowest BCUT2D eigenvalue weighted by molar-refractivity contribution is 0.350. The smallest absolute Gasteiger partial charge is 0.119 e. The molecule has 2 heterocycles. The molecule has 0 amide bonds. The summed E-state index contributed by atoms with van der Waals surface area (Å²) in [6.07, 6.45) is 10.7. The van der Waals surface area contributed by atoms with Crippen LogP contribution in [0, 0.1) is 0 Å². The van der Waals surface area contributed by atoms with E-state index in [1.807, 2.05) is 6.07 Å². The van der Waals surface area contributed by atoms with Crippen LogP contribution in [0.2, 0.25) is 0 Å². The van der Waals surface area contributed by atoms with Crippen LogP contribution in [0.15, 0.2) is 54.9 Å². The van der Waals surface area contributed by atoms with Crippen molar-refractivity contribution < 1.29 is 4.74 Å². The van der Waals surface area contributed by atoms with Gasteiger partial charge in [0.25, 0.3) is 0 Å². The van der Waals surface area contributed by atoms with Gasteiger partial charge in [-0.15, -0.1) is 0 Å². The number of methoxy groups -OCH3 is 1. The van der Waals surface area contributed by atoms with Crippen molar-refractivity contribution in [2.24, 2.45) is 0 Å². The standard InChI is InChI=1S/C23H24N2O/c1-26-16-9-10-22-18(13-16)20(15-25-22)23(11-5-2-6-12-23)19-14-24-21-8-4-3-7-17(19)21/h3-4,7-10,13-15,24-25H,2,5-6,11-12H2,1H3. The van der Waals surface area contributed by atoms with Crippen molar-refractivity contribution in [2.75, 3.05) is 7.11 Å². The van der Waals surface area contributed by atoms with E-state index >= 15 is 0 Å². The highest BCUT2D eigenvalue weighted by Crippen LogP contribution is 2.49. The molecule has 5 rings (SSSR count). The molecule has 0 radical (unpaired) electrons. The monoisotopic (exact) mass is 344 g/mol. The molecule has 2 N–H and O–H groups in total. The third-order valence-electron chi connectivity index (χ3n) is 6.22. The highest BCUT2D eigenvalue weighted by atomic mass is 16.5. The first-order chi connectivity index (χ1) is 12.8. The van der Waals surface area contributed by atoms with Gasteiger partial charge in [-0.2, -0.15) is 0 Å². The Morgan fingerprint density at radius 1 is 0.808 bits per heavy atom. The van der Waals surface area contributed by atoms with Crippen LogP contribution in [0.4, 0.5) is 0 Å². The second-order valence-corrected chi connectivity index (χ2v) is 7.50. The first kappa shape index (κ1) is 15.6. The molecule has 1 aliphatic rings. The van der Waals surface area contributed by atoms with Crippen molar-refractivity contribution in [1.82, 2.24) is 9.97 Å². The van der Waals surface area contributed by atoms with Gasteiger partial charge in [0, 0.05) is 39.6 Å². The Morgan fingerprint density at radius 3 is 2.27 bits per heavy atom. The van der Waals surface area contributed by atoms with E-state index in [0.29, 0.717) is 0 Å². The Balaban J connectivity index is 1.78. The van der Waals surface area contributed by atoms with Gasteiger partial charge in [-0.3, -0.25) is 0 Å². The average molecular weight is 344 g/mol. The highest BCUT2D eigenvalue weighted by molar-refractivity contribution is 5.90. The first-order valence-electron chi connectivity index (χ1n) is 9.54. The van der Waals surface area contributed by atoms with Crippen LogP contribution in [0.25, 0.3) is 21.8 Å². The molecule has 4 aromatic rings. The molecule has 26 heavy (non-hydrogen) atoms. The third kappa shape index (κ3) is 2.20. The van der Waals surface area contributed by atoms with Crippen LogP contribution in [-0.4, -0.2) is 17.1 Å². The summed E-state index contributed by atoms with van der Waals surface area (Å²) in [5.74, 6) is 0.920. The number of para-hydroxylation sites is 1. The highest BCUT2D eigenvalue weighted by Gasteiger charge is 2.39. The lowest BCUT2D eigenvalue weighted by Gasteiger charge is -2.37. The quantitative estimate of drug-likeness (QED) is 0.477. The third-order valence-corrected chi connectivity index (χ3v) is 6.22. The predicted octanol–water partition coefficient (Wildman–Crippen LogP) is 5.91. The summed E-state index contributed by atoms with van der Waals surface area (Å²) in [6, 6.07) is 15.0. The zero-order valence-electron chi connectivity index (χ0n) is 15.1.